The van der Waals surface area contributed by atoms with E-state index < -0.39 is 9.84 Å². The van der Waals surface area contributed by atoms with Crippen molar-refractivity contribution in [2.45, 2.75) is 77.0 Å². The number of carbonyl (C=O) groups is 1. The fourth-order valence-electron chi connectivity index (χ4n) is 7.78. The Labute approximate surface area is 159 Å². The highest BCUT2D eigenvalue weighted by Gasteiger charge is 2.62. The highest BCUT2D eigenvalue weighted by Crippen LogP contribution is 2.66. The minimum atomic E-state index is -2.96. The van der Waals surface area contributed by atoms with E-state index in [1.807, 2.05) is 11.9 Å². The third-order valence-corrected chi connectivity index (χ3v) is 10.8. The summed E-state index contributed by atoms with van der Waals surface area (Å²) in [6.07, 6.45) is 8.25. The van der Waals surface area contributed by atoms with Gasteiger partial charge in [0.15, 0.2) is 0 Å². The minimum Gasteiger partial charge on any atom is -0.342 e. The van der Waals surface area contributed by atoms with Crippen molar-refractivity contribution < 1.29 is 13.2 Å². The summed E-state index contributed by atoms with van der Waals surface area (Å²) >= 11 is 0. The monoisotopic (exact) mass is 381 g/mol. The second-order valence-electron chi connectivity index (χ2n) is 10.6. The SMILES string of the molecule is CC1CC2N(C)C(=O)CC[C@]2(C)[C@@H]2CC[C@]3(C)CC(S(C)(=O)=O)C[C@H]3[C@H]12. The number of likely N-dealkylation sites (tertiary alicyclic amines) is 1. The molecule has 5 heteroatoms. The van der Waals surface area contributed by atoms with Gasteiger partial charge in [-0.25, -0.2) is 8.42 Å². The Balaban J connectivity index is 1.69. The molecule has 1 aliphatic heterocycles. The Morgan fingerprint density at radius 3 is 2.46 bits per heavy atom. The predicted molar refractivity (Wildman–Crippen MR) is 103 cm³/mol. The van der Waals surface area contributed by atoms with Gasteiger partial charge in [-0.15, -0.1) is 0 Å². The van der Waals surface area contributed by atoms with E-state index in [9.17, 15) is 13.2 Å². The molecule has 0 radical (unpaired) electrons. The summed E-state index contributed by atoms with van der Waals surface area (Å²) in [5.41, 5.74) is 0.382. The first-order chi connectivity index (χ1) is 12.0. The number of sulfone groups is 1. The molecule has 4 fully saturated rings. The standard InChI is InChI=1S/C21H35NO3S/c1-13-10-17-21(3,9-7-18(23)22(17)4)15-6-8-20(2)12-14(26(5,24)25)11-16(20)19(13)15/h13-17,19H,6-12H2,1-5H3/t13?,14?,15-,16+,17?,19-,20-,21-/m1/s1. The smallest absolute Gasteiger partial charge is 0.222 e. The lowest BCUT2D eigenvalue weighted by Gasteiger charge is -2.63. The molecule has 148 valence electrons. The first kappa shape index (κ1) is 18.8. The second-order valence-corrected chi connectivity index (χ2v) is 12.9. The van der Waals surface area contributed by atoms with Gasteiger partial charge in [-0.2, -0.15) is 0 Å². The molecule has 3 aliphatic carbocycles. The molecule has 1 heterocycles. The number of piperidine rings is 1. The van der Waals surface area contributed by atoms with E-state index in [-0.39, 0.29) is 16.1 Å². The van der Waals surface area contributed by atoms with Gasteiger partial charge in [0, 0.05) is 25.8 Å². The maximum Gasteiger partial charge on any atom is 0.222 e. The van der Waals surface area contributed by atoms with Crippen LogP contribution in [-0.2, 0) is 14.6 Å². The average molecular weight is 382 g/mol. The van der Waals surface area contributed by atoms with Crippen LogP contribution in [0, 0.1) is 34.5 Å². The van der Waals surface area contributed by atoms with Crippen molar-refractivity contribution in [2.75, 3.05) is 13.3 Å². The van der Waals surface area contributed by atoms with Crippen LogP contribution in [0.4, 0.5) is 0 Å². The molecular formula is C21H35NO3S. The van der Waals surface area contributed by atoms with Crippen molar-refractivity contribution in [3.63, 3.8) is 0 Å². The molecule has 0 bridgehead atoms. The first-order valence-electron chi connectivity index (χ1n) is 10.4. The zero-order valence-corrected chi connectivity index (χ0v) is 17.8. The van der Waals surface area contributed by atoms with E-state index >= 15 is 0 Å². The maximum absolute atomic E-state index is 12.3. The van der Waals surface area contributed by atoms with E-state index in [1.54, 1.807) is 0 Å². The molecule has 1 saturated heterocycles. The van der Waals surface area contributed by atoms with Gasteiger partial charge >= 0.3 is 0 Å². The molecule has 4 nitrogen and oxygen atoms in total. The van der Waals surface area contributed by atoms with Crippen molar-refractivity contribution >= 4 is 15.7 Å². The van der Waals surface area contributed by atoms with Gasteiger partial charge in [0.25, 0.3) is 0 Å². The average Bonchev–Trinajstić information content (AvgIpc) is 2.91. The quantitative estimate of drug-likeness (QED) is 0.698. The Kier molecular flexibility index (Phi) is 4.12. The number of nitrogens with zero attached hydrogens (tertiary/aromatic N) is 1. The van der Waals surface area contributed by atoms with Crippen molar-refractivity contribution in [1.29, 1.82) is 0 Å². The van der Waals surface area contributed by atoms with E-state index in [0.29, 0.717) is 42.0 Å². The van der Waals surface area contributed by atoms with Crippen molar-refractivity contribution in [3.05, 3.63) is 0 Å². The highest BCUT2D eigenvalue weighted by atomic mass is 32.2. The molecule has 0 spiro atoms. The van der Waals surface area contributed by atoms with Gasteiger partial charge < -0.3 is 4.90 Å². The summed E-state index contributed by atoms with van der Waals surface area (Å²) < 4.78 is 24.6. The van der Waals surface area contributed by atoms with E-state index in [0.717, 1.165) is 32.1 Å². The molecule has 1 amide bonds. The van der Waals surface area contributed by atoms with Crippen LogP contribution < -0.4 is 0 Å². The van der Waals surface area contributed by atoms with Gasteiger partial charge in [-0.3, -0.25) is 4.79 Å². The van der Waals surface area contributed by atoms with Crippen LogP contribution in [0.5, 0.6) is 0 Å². The Morgan fingerprint density at radius 1 is 1.12 bits per heavy atom. The minimum absolute atomic E-state index is 0.149. The summed E-state index contributed by atoms with van der Waals surface area (Å²) in [7, 11) is -0.962. The van der Waals surface area contributed by atoms with Gasteiger partial charge in [-0.1, -0.05) is 20.8 Å². The maximum atomic E-state index is 12.3. The van der Waals surface area contributed by atoms with Crippen molar-refractivity contribution in [2.24, 2.45) is 34.5 Å². The fraction of sp³-hybridized carbons (Fsp3) is 0.952. The Hall–Kier alpha value is -0.580. The van der Waals surface area contributed by atoms with Crippen LogP contribution in [0.25, 0.3) is 0 Å². The fourth-order valence-corrected chi connectivity index (χ4v) is 9.02. The number of hydrogen-bond donors (Lipinski definition) is 0. The van der Waals surface area contributed by atoms with E-state index in [2.05, 4.69) is 20.8 Å². The number of carbonyl (C=O) groups excluding carboxylic acids is 1. The summed E-state index contributed by atoms with van der Waals surface area (Å²) in [5.74, 6) is 2.63. The van der Waals surface area contributed by atoms with Gasteiger partial charge in [0.1, 0.15) is 9.84 Å². The number of amides is 1. The lowest BCUT2D eigenvalue weighted by atomic mass is 9.45. The van der Waals surface area contributed by atoms with Crippen LogP contribution in [0.2, 0.25) is 0 Å². The van der Waals surface area contributed by atoms with Crippen LogP contribution in [0.15, 0.2) is 0 Å². The zero-order valence-electron chi connectivity index (χ0n) is 17.0. The van der Waals surface area contributed by atoms with Crippen molar-refractivity contribution in [1.82, 2.24) is 4.90 Å². The Bertz CT molecular complexity index is 719. The largest absolute Gasteiger partial charge is 0.342 e. The third kappa shape index (κ3) is 2.51. The molecule has 0 aromatic heterocycles. The third-order valence-electron chi connectivity index (χ3n) is 9.27. The number of rotatable bonds is 1. The first-order valence-corrected chi connectivity index (χ1v) is 12.4. The summed E-state index contributed by atoms with van der Waals surface area (Å²) in [6, 6.07) is 0.358. The van der Waals surface area contributed by atoms with Crippen LogP contribution in [-0.4, -0.2) is 43.8 Å². The number of fused-ring (bicyclic) bond motifs is 5. The van der Waals surface area contributed by atoms with Crippen LogP contribution in [0.3, 0.4) is 0 Å². The molecule has 8 atom stereocenters. The predicted octanol–water partition coefficient (Wildman–Crippen LogP) is 3.51. The lowest BCUT2D eigenvalue weighted by Crippen LogP contribution is -2.62. The summed E-state index contributed by atoms with van der Waals surface area (Å²) in [6.45, 7) is 7.15. The molecule has 3 unspecified atom stereocenters. The highest BCUT2D eigenvalue weighted by molar-refractivity contribution is 7.91. The molecule has 0 N–H and O–H groups in total. The molecule has 4 rings (SSSR count). The molecule has 0 aromatic carbocycles. The number of hydrogen-bond acceptors (Lipinski definition) is 3. The van der Waals surface area contributed by atoms with Crippen molar-refractivity contribution in [3.8, 4) is 0 Å². The summed E-state index contributed by atoms with van der Waals surface area (Å²) in [4.78, 5) is 14.3. The Morgan fingerprint density at radius 2 is 1.81 bits per heavy atom. The van der Waals surface area contributed by atoms with Gasteiger partial charge in [0.2, 0.25) is 5.91 Å². The van der Waals surface area contributed by atoms with Crippen LogP contribution >= 0.6 is 0 Å². The van der Waals surface area contributed by atoms with Gasteiger partial charge in [-0.05, 0) is 73.0 Å². The molecule has 26 heavy (non-hydrogen) atoms. The normalized spacial score (nSPS) is 51.6. The lowest BCUT2D eigenvalue weighted by molar-refractivity contribution is -0.164. The molecule has 3 saturated carbocycles. The zero-order chi connectivity index (χ0) is 19.1. The van der Waals surface area contributed by atoms with Gasteiger partial charge in [0.05, 0.1) is 5.25 Å². The van der Waals surface area contributed by atoms with E-state index in [1.165, 1.54) is 12.7 Å². The summed E-state index contributed by atoms with van der Waals surface area (Å²) in [5, 5.41) is -0.149. The van der Waals surface area contributed by atoms with Crippen LogP contribution in [0.1, 0.15) is 65.7 Å². The molecule has 4 aliphatic rings. The topological polar surface area (TPSA) is 54.5 Å². The molecule has 0 aromatic rings. The second kappa shape index (κ2) is 5.71. The molecular weight excluding hydrogens is 346 g/mol. The van der Waals surface area contributed by atoms with E-state index in [4.69, 9.17) is 0 Å².